The van der Waals surface area contributed by atoms with Crippen molar-refractivity contribution in [3.8, 4) is 51.6 Å². The van der Waals surface area contributed by atoms with Crippen molar-refractivity contribution < 1.29 is 18.9 Å². The van der Waals surface area contributed by atoms with Crippen LogP contribution in [0.2, 0.25) is 5.02 Å². The average molecular weight is 674 g/mol. The molecule has 0 saturated heterocycles. The largest absolute Gasteiger partial charge is 0.493 e. The lowest BCUT2D eigenvalue weighted by atomic mass is 10.1. The number of nitrogens with zero attached hydrogens (tertiary/aromatic N) is 5. The molecule has 11 nitrogen and oxygen atoms in total. The molecule has 8 rings (SSSR count). The molecule has 2 N–H and O–H groups in total. The molecule has 0 amide bonds. The van der Waals surface area contributed by atoms with Crippen LogP contribution < -0.4 is 18.9 Å². The number of fused-ring (bicyclic) bond motifs is 4. The van der Waals surface area contributed by atoms with Gasteiger partial charge in [-0.1, -0.05) is 11.6 Å². The van der Waals surface area contributed by atoms with Crippen LogP contribution in [0.3, 0.4) is 0 Å². The predicted octanol–water partition coefficient (Wildman–Crippen LogP) is 8.00. The molecular formula is C37H32ClN7O4. The Balaban J connectivity index is 0.000000154. The van der Waals surface area contributed by atoms with E-state index in [2.05, 4.69) is 36.8 Å². The molecule has 0 spiro atoms. The summed E-state index contributed by atoms with van der Waals surface area (Å²) in [7, 11) is 10.5. The van der Waals surface area contributed by atoms with E-state index in [0.717, 1.165) is 60.7 Å². The molecule has 246 valence electrons. The lowest BCUT2D eigenvalue weighted by molar-refractivity contribution is 0.355. The summed E-state index contributed by atoms with van der Waals surface area (Å²) >= 11 is 6.27. The van der Waals surface area contributed by atoms with Crippen LogP contribution in [0.1, 0.15) is 5.56 Å². The second-order valence-electron chi connectivity index (χ2n) is 11.4. The van der Waals surface area contributed by atoms with Gasteiger partial charge in [0.25, 0.3) is 0 Å². The number of halogens is 1. The van der Waals surface area contributed by atoms with Gasteiger partial charge < -0.3 is 38.0 Å². The molecule has 0 aliphatic heterocycles. The van der Waals surface area contributed by atoms with Crippen molar-refractivity contribution in [2.24, 2.45) is 14.1 Å². The monoisotopic (exact) mass is 673 g/mol. The maximum Gasteiger partial charge on any atom is 0.162 e. The number of hydrogen-bond donors (Lipinski definition) is 2. The Hall–Kier alpha value is -6.12. The van der Waals surface area contributed by atoms with Crippen molar-refractivity contribution in [2.75, 3.05) is 28.4 Å². The molecule has 0 bridgehead atoms. The van der Waals surface area contributed by atoms with E-state index in [1.54, 1.807) is 53.0 Å². The number of aromatic amines is 2. The zero-order valence-electron chi connectivity index (χ0n) is 27.7. The highest BCUT2D eigenvalue weighted by atomic mass is 35.5. The molecule has 6 aromatic heterocycles. The molecule has 0 aliphatic carbocycles. The van der Waals surface area contributed by atoms with Crippen LogP contribution in [0.25, 0.3) is 66.4 Å². The highest BCUT2D eigenvalue weighted by Crippen LogP contribution is 2.40. The third-order valence-electron chi connectivity index (χ3n) is 8.70. The molecule has 8 aromatic rings. The number of benzene rings is 2. The van der Waals surface area contributed by atoms with Gasteiger partial charge in [-0.25, -0.2) is 9.97 Å². The van der Waals surface area contributed by atoms with E-state index in [1.165, 1.54) is 0 Å². The van der Waals surface area contributed by atoms with Crippen LogP contribution in [0.5, 0.6) is 23.0 Å². The summed E-state index contributed by atoms with van der Waals surface area (Å²) in [5.74, 6) is 2.77. The van der Waals surface area contributed by atoms with Crippen LogP contribution in [0.4, 0.5) is 0 Å². The Labute approximate surface area is 286 Å². The van der Waals surface area contributed by atoms with Crippen molar-refractivity contribution in [1.82, 2.24) is 29.1 Å². The van der Waals surface area contributed by atoms with Crippen molar-refractivity contribution in [2.45, 2.75) is 0 Å². The minimum Gasteiger partial charge on any atom is -0.493 e. The first-order valence-corrected chi connectivity index (χ1v) is 15.6. The minimum atomic E-state index is 0.604. The highest BCUT2D eigenvalue weighted by molar-refractivity contribution is 6.35. The third kappa shape index (κ3) is 5.32. The Bertz CT molecular complexity index is 2570. The Morgan fingerprint density at radius 1 is 0.633 bits per heavy atom. The fourth-order valence-electron chi connectivity index (χ4n) is 6.26. The summed E-state index contributed by atoms with van der Waals surface area (Å²) in [5.41, 5.74) is 8.10. The topological polar surface area (TPSA) is 128 Å². The second-order valence-corrected chi connectivity index (χ2v) is 11.8. The van der Waals surface area contributed by atoms with Crippen molar-refractivity contribution in [1.29, 1.82) is 5.26 Å². The van der Waals surface area contributed by atoms with Crippen molar-refractivity contribution in [3.63, 3.8) is 0 Å². The number of ether oxygens (including phenoxy) is 4. The maximum absolute atomic E-state index is 9.29. The number of nitriles is 1. The van der Waals surface area contributed by atoms with E-state index >= 15 is 0 Å². The standard InChI is InChI=1S/C19H16N4O2.C18H16ClN3O2/c1-23-10-14(13-7-17(24-2)18(25-3)8-16(13)23)15-6-12-11(9-20)4-5-21-19(12)22-15;1-22-9-12(10-7-16(23-2)17(24-3)8-15(10)22)14-6-11-13(19)4-5-20-18(11)21-14/h4-8,10H,1-3H3,(H,21,22);4-9H,1-3H3,(H,20,21). The molecule has 0 unspecified atom stereocenters. The lowest BCUT2D eigenvalue weighted by Gasteiger charge is -2.08. The van der Waals surface area contributed by atoms with Crippen LogP contribution in [0, 0.1) is 11.3 Å². The summed E-state index contributed by atoms with van der Waals surface area (Å²) in [4.78, 5) is 15.3. The zero-order chi connectivity index (χ0) is 34.4. The van der Waals surface area contributed by atoms with Crippen LogP contribution in [-0.2, 0) is 14.1 Å². The van der Waals surface area contributed by atoms with Crippen LogP contribution in [-0.4, -0.2) is 57.5 Å². The fourth-order valence-corrected chi connectivity index (χ4v) is 6.46. The molecule has 0 fully saturated rings. The van der Waals surface area contributed by atoms with Crippen LogP contribution >= 0.6 is 11.6 Å². The van der Waals surface area contributed by atoms with Gasteiger partial charge in [0.15, 0.2) is 23.0 Å². The van der Waals surface area contributed by atoms with E-state index in [9.17, 15) is 5.26 Å². The second kappa shape index (κ2) is 12.5. The molecule has 0 radical (unpaired) electrons. The molecule has 12 heteroatoms. The summed E-state index contributed by atoms with van der Waals surface area (Å²) in [5, 5.41) is 13.8. The van der Waals surface area contributed by atoms with E-state index < -0.39 is 0 Å². The summed E-state index contributed by atoms with van der Waals surface area (Å²) in [6.07, 6.45) is 7.45. The lowest BCUT2D eigenvalue weighted by Crippen LogP contribution is -1.91. The van der Waals surface area contributed by atoms with Crippen molar-refractivity contribution in [3.05, 3.63) is 83.9 Å². The van der Waals surface area contributed by atoms with Gasteiger partial charge in [-0.3, -0.25) is 0 Å². The number of nitrogens with one attached hydrogen (secondary N) is 2. The smallest absolute Gasteiger partial charge is 0.162 e. The molecule has 6 heterocycles. The Kier molecular flexibility index (Phi) is 8.02. The number of H-pyrrole nitrogens is 2. The maximum atomic E-state index is 9.29. The molecule has 2 aromatic carbocycles. The van der Waals surface area contributed by atoms with E-state index in [0.29, 0.717) is 39.2 Å². The summed E-state index contributed by atoms with van der Waals surface area (Å²) in [6, 6.07) is 17.6. The molecular weight excluding hydrogens is 642 g/mol. The average Bonchev–Trinajstić information content (AvgIpc) is 3.90. The number of rotatable bonds is 6. The first-order valence-electron chi connectivity index (χ1n) is 15.2. The number of aryl methyl sites for hydroxylation is 2. The normalized spacial score (nSPS) is 11.1. The van der Waals surface area contributed by atoms with Crippen LogP contribution in [0.15, 0.2) is 73.3 Å². The SMILES string of the molecule is COc1cc2c(-c3cc4c(C#N)ccnc4[nH]3)cn(C)c2cc1OC.COc1cc2c(-c3cc4c(Cl)ccnc4[nH]3)cn(C)c2cc1OC. The fraction of sp³-hybridized carbons (Fsp3) is 0.162. The number of pyridine rings is 2. The van der Waals surface area contributed by atoms with Gasteiger partial charge >= 0.3 is 0 Å². The molecule has 49 heavy (non-hydrogen) atoms. The first-order chi connectivity index (χ1) is 23.8. The Morgan fingerprint density at radius 3 is 1.55 bits per heavy atom. The van der Waals surface area contributed by atoms with Gasteiger partial charge in [-0.05, 0) is 36.4 Å². The predicted molar refractivity (Wildman–Crippen MR) is 192 cm³/mol. The Morgan fingerprint density at radius 2 is 1.08 bits per heavy atom. The molecule has 0 aliphatic rings. The van der Waals surface area contributed by atoms with Gasteiger partial charge in [-0.15, -0.1) is 0 Å². The van der Waals surface area contributed by atoms with Gasteiger partial charge in [-0.2, -0.15) is 5.26 Å². The summed E-state index contributed by atoms with van der Waals surface area (Å²) in [6.45, 7) is 0. The third-order valence-corrected chi connectivity index (χ3v) is 9.03. The first kappa shape index (κ1) is 31.5. The number of aromatic nitrogens is 6. The van der Waals surface area contributed by atoms with Gasteiger partial charge in [0.2, 0.25) is 0 Å². The molecule has 0 atom stereocenters. The van der Waals surface area contributed by atoms with E-state index in [-0.39, 0.29) is 0 Å². The van der Waals surface area contributed by atoms with Gasteiger partial charge in [0.1, 0.15) is 11.3 Å². The van der Waals surface area contributed by atoms with E-state index in [4.69, 9.17) is 30.5 Å². The van der Waals surface area contributed by atoms with Gasteiger partial charge in [0, 0.05) is 95.1 Å². The number of hydrogen-bond acceptors (Lipinski definition) is 7. The van der Waals surface area contributed by atoms with E-state index in [1.807, 2.05) is 61.3 Å². The molecule has 0 saturated carbocycles. The highest BCUT2D eigenvalue weighted by Gasteiger charge is 2.18. The number of methoxy groups -OCH3 is 4. The summed E-state index contributed by atoms with van der Waals surface area (Å²) < 4.78 is 25.8. The van der Waals surface area contributed by atoms with Gasteiger partial charge in [0.05, 0.1) is 56.1 Å². The zero-order valence-corrected chi connectivity index (χ0v) is 28.4. The minimum absolute atomic E-state index is 0.604. The van der Waals surface area contributed by atoms with Crippen molar-refractivity contribution >= 4 is 55.5 Å². The quantitative estimate of drug-likeness (QED) is 0.183.